The highest BCUT2D eigenvalue weighted by Gasteiger charge is 2.32. The van der Waals surface area contributed by atoms with Crippen LogP contribution < -0.4 is 16.4 Å². The highest BCUT2D eigenvalue weighted by Crippen LogP contribution is 2.40. The smallest absolute Gasteiger partial charge is 0.336 e. The Morgan fingerprint density at radius 1 is 0.764 bits per heavy atom. The number of rotatable bonds is 16. The molecule has 0 spiro atoms. The number of aliphatic hydroxyl groups excluding tert-OH is 1. The number of carboxylic acid groups (broad SMARTS) is 1. The number of aromatic carboxylic acids is 1. The molecule has 1 heterocycles. The van der Waals surface area contributed by atoms with Crippen molar-refractivity contribution in [3.8, 4) is 11.1 Å². The minimum absolute atomic E-state index is 0.0460. The van der Waals surface area contributed by atoms with E-state index in [4.69, 9.17) is 15.2 Å². The number of unbranched alkanes of at least 4 members (excludes halogenated alkanes) is 1. The number of carbonyl (C=O) groups excluding carboxylic acids is 2. The van der Waals surface area contributed by atoms with Gasteiger partial charge in [-0.15, -0.1) is 11.8 Å². The van der Waals surface area contributed by atoms with E-state index in [1.807, 2.05) is 97.1 Å². The summed E-state index contributed by atoms with van der Waals surface area (Å²) in [6.45, 7) is 0.316. The van der Waals surface area contributed by atoms with Crippen molar-refractivity contribution < 1.29 is 34.1 Å². The van der Waals surface area contributed by atoms with Gasteiger partial charge < -0.3 is 36.1 Å². The van der Waals surface area contributed by atoms with Crippen LogP contribution in [0.3, 0.4) is 0 Å². The molecule has 5 aromatic carbocycles. The fraction of sp³-hybridized carbons (Fsp3) is 0.250. The molecule has 11 heteroatoms. The van der Waals surface area contributed by atoms with Gasteiger partial charge in [0.05, 0.1) is 35.8 Å². The lowest BCUT2D eigenvalue weighted by molar-refractivity contribution is -0.245. The van der Waals surface area contributed by atoms with Gasteiger partial charge in [0.15, 0.2) is 6.29 Å². The number of amides is 2. The van der Waals surface area contributed by atoms with Gasteiger partial charge in [0.1, 0.15) is 0 Å². The van der Waals surface area contributed by atoms with Gasteiger partial charge in [0, 0.05) is 42.0 Å². The van der Waals surface area contributed by atoms with Gasteiger partial charge in [0.2, 0.25) is 11.8 Å². The predicted molar refractivity (Wildman–Crippen MR) is 214 cm³/mol. The first-order chi connectivity index (χ1) is 26.8. The maximum atomic E-state index is 12.7. The van der Waals surface area contributed by atoms with Crippen molar-refractivity contribution in [3.05, 3.63) is 149 Å². The van der Waals surface area contributed by atoms with Gasteiger partial charge in [-0.1, -0.05) is 97.1 Å². The van der Waals surface area contributed by atoms with Crippen molar-refractivity contribution in [1.29, 1.82) is 0 Å². The molecule has 1 aliphatic rings. The molecule has 0 aliphatic carbocycles. The number of benzene rings is 5. The first kappa shape index (κ1) is 39.2. The van der Waals surface area contributed by atoms with E-state index in [9.17, 15) is 24.6 Å². The van der Waals surface area contributed by atoms with E-state index in [-0.39, 0.29) is 36.2 Å². The third kappa shape index (κ3) is 10.8. The number of carboxylic acids is 1. The lowest BCUT2D eigenvalue weighted by atomic mass is 9.97. The van der Waals surface area contributed by atoms with Gasteiger partial charge in [0.25, 0.3) is 0 Å². The van der Waals surface area contributed by atoms with E-state index < -0.39 is 12.3 Å². The van der Waals surface area contributed by atoms with Gasteiger partial charge in [-0.2, -0.15) is 0 Å². The molecule has 6 N–H and O–H groups in total. The molecule has 6 rings (SSSR count). The molecule has 2 amide bonds. The molecule has 10 nitrogen and oxygen atoms in total. The van der Waals surface area contributed by atoms with Gasteiger partial charge in [-0.05, 0) is 64.9 Å². The molecule has 3 unspecified atom stereocenters. The third-order valence-corrected chi connectivity index (χ3v) is 10.6. The molecule has 0 bridgehead atoms. The summed E-state index contributed by atoms with van der Waals surface area (Å²) >= 11 is 1.45. The van der Waals surface area contributed by atoms with Crippen LogP contribution in [-0.4, -0.2) is 39.9 Å². The van der Waals surface area contributed by atoms with Crippen molar-refractivity contribution in [2.24, 2.45) is 0 Å². The zero-order valence-electron chi connectivity index (χ0n) is 30.4. The van der Waals surface area contributed by atoms with Crippen molar-refractivity contribution in [3.63, 3.8) is 0 Å². The average Bonchev–Trinajstić information content (AvgIpc) is 3.22. The molecule has 0 radical (unpaired) electrons. The quantitative estimate of drug-likeness (QED) is 0.0379. The van der Waals surface area contributed by atoms with E-state index >= 15 is 0 Å². The van der Waals surface area contributed by atoms with Crippen LogP contribution in [0.2, 0.25) is 0 Å². The zero-order chi connectivity index (χ0) is 38.6. The number of aliphatic hydroxyl groups is 1. The predicted octanol–water partition coefficient (Wildman–Crippen LogP) is 8.28. The van der Waals surface area contributed by atoms with Crippen LogP contribution in [0.1, 0.15) is 77.1 Å². The Hall–Kier alpha value is -5.46. The van der Waals surface area contributed by atoms with E-state index in [1.54, 1.807) is 24.3 Å². The summed E-state index contributed by atoms with van der Waals surface area (Å²) in [5, 5.41) is 25.1. The first-order valence-corrected chi connectivity index (χ1v) is 19.3. The van der Waals surface area contributed by atoms with E-state index in [0.29, 0.717) is 60.7 Å². The topological polar surface area (TPSA) is 160 Å². The van der Waals surface area contributed by atoms with Crippen molar-refractivity contribution in [2.75, 3.05) is 16.8 Å². The molecule has 55 heavy (non-hydrogen) atoms. The second-order valence-electron chi connectivity index (χ2n) is 13.4. The fourth-order valence-electron chi connectivity index (χ4n) is 6.43. The maximum Gasteiger partial charge on any atom is 0.336 e. The van der Waals surface area contributed by atoms with Gasteiger partial charge in [-0.3, -0.25) is 9.59 Å². The summed E-state index contributed by atoms with van der Waals surface area (Å²) in [6, 6.07) is 37.7. The van der Waals surface area contributed by atoms with E-state index in [0.717, 1.165) is 33.4 Å². The number of nitrogen functional groups attached to an aromatic ring is 1. The standard InChI is InChI=1S/C44H45N3O7S/c45-37-12-4-5-13-38(37)47-42(50)16-8-7-15-41(49)46-26-33-9-1-2-10-35(33)30-21-23-32(24-22-30)44-53-34(28-55-40-14-6-3-11-36(40)43(51)52)25-39(54-44)31-19-17-29(27-48)18-20-31/h1-6,9-14,17-24,34,39,44,48H,7-8,15-16,25-28,45H2,(H,46,49)(H,47,50)(H,51,52). The Morgan fingerprint density at radius 3 is 2.18 bits per heavy atom. The summed E-state index contributed by atoms with van der Waals surface area (Å²) < 4.78 is 13.0. The molecular formula is C44H45N3O7S. The monoisotopic (exact) mass is 759 g/mol. The Labute approximate surface area is 325 Å². The van der Waals surface area contributed by atoms with Crippen LogP contribution in [0.15, 0.2) is 126 Å². The maximum absolute atomic E-state index is 12.7. The average molecular weight is 760 g/mol. The summed E-state index contributed by atoms with van der Waals surface area (Å²) in [4.78, 5) is 37.5. The third-order valence-electron chi connectivity index (χ3n) is 9.44. The fourth-order valence-corrected chi connectivity index (χ4v) is 7.49. The van der Waals surface area contributed by atoms with Gasteiger partial charge >= 0.3 is 5.97 Å². The highest BCUT2D eigenvalue weighted by atomic mass is 32.2. The van der Waals surface area contributed by atoms with Crippen LogP contribution in [0.5, 0.6) is 0 Å². The molecule has 284 valence electrons. The second kappa shape index (κ2) is 19.2. The van der Waals surface area contributed by atoms with Crippen LogP contribution in [0.25, 0.3) is 11.1 Å². The lowest BCUT2D eigenvalue weighted by Crippen LogP contribution is -2.31. The van der Waals surface area contributed by atoms with Crippen LogP contribution in [0.4, 0.5) is 11.4 Å². The summed E-state index contributed by atoms with van der Waals surface area (Å²) in [7, 11) is 0. The molecule has 3 atom stereocenters. The number of anilines is 2. The number of thioether (sulfide) groups is 1. The van der Waals surface area contributed by atoms with Crippen molar-refractivity contribution >= 4 is 40.9 Å². The van der Waals surface area contributed by atoms with Crippen LogP contribution in [-0.2, 0) is 32.2 Å². The molecule has 1 fully saturated rings. The number of ether oxygens (including phenoxy) is 2. The Balaban J connectivity index is 1.07. The minimum Gasteiger partial charge on any atom is -0.478 e. The molecule has 1 saturated heterocycles. The highest BCUT2D eigenvalue weighted by molar-refractivity contribution is 7.99. The molecule has 5 aromatic rings. The number of hydrogen-bond donors (Lipinski definition) is 5. The second-order valence-corrected chi connectivity index (χ2v) is 14.4. The summed E-state index contributed by atoms with van der Waals surface area (Å²) in [5.41, 5.74) is 12.8. The number of para-hydroxylation sites is 2. The normalized spacial score (nSPS) is 16.6. The van der Waals surface area contributed by atoms with Crippen molar-refractivity contribution in [1.82, 2.24) is 5.32 Å². The largest absolute Gasteiger partial charge is 0.478 e. The molecule has 0 saturated carbocycles. The Morgan fingerprint density at radius 2 is 1.44 bits per heavy atom. The van der Waals surface area contributed by atoms with E-state index in [1.165, 1.54) is 11.8 Å². The zero-order valence-corrected chi connectivity index (χ0v) is 31.2. The van der Waals surface area contributed by atoms with E-state index in [2.05, 4.69) is 10.6 Å². The summed E-state index contributed by atoms with van der Waals surface area (Å²) in [5.74, 6) is -0.648. The van der Waals surface area contributed by atoms with Crippen LogP contribution in [0, 0.1) is 0 Å². The Bertz CT molecular complexity index is 2070. The minimum atomic E-state index is -0.968. The molecule has 1 aliphatic heterocycles. The van der Waals surface area contributed by atoms with Gasteiger partial charge in [-0.25, -0.2) is 4.79 Å². The molecular weight excluding hydrogens is 715 g/mol. The first-order valence-electron chi connectivity index (χ1n) is 18.3. The molecule has 0 aromatic heterocycles. The van der Waals surface area contributed by atoms with Crippen LogP contribution >= 0.6 is 11.8 Å². The number of hydrogen-bond acceptors (Lipinski definition) is 8. The number of nitrogens with one attached hydrogen (secondary N) is 2. The Kier molecular flexibility index (Phi) is 13.7. The summed E-state index contributed by atoms with van der Waals surface area (Å²) in [6.07, 6.45) is 1.19. The van der Waals surface area contributed by atoms with Crippen molar-refractivity contribution in [2.45, 2.75) is 68.6 Å². The lowest BCUT2D eigenvalue weighted by Gasteiger charge is -2.36. The number of nitrogens with two attached hydrogens (primary N) is 1. The SMILES string of the molecule is Nc1ccccc1NC(=O)CCCCC(=O)NCc1ccccc1-c1ccc(C2OC(CSc3ccccc3C(=O)O)CC(c3ccc(CO)cc3)O2)cc1. The number of carbonyl (C=O) groups is 3.